The number of para-hydroxylation sites is 1. The van der Waals surface area contributed by atoms with Crippen LogP contribution in [0.25, 0.3) is 16.6 Å². The second kappa shape index (κ2) is 14.8. The van der Waals surface area contributed by atoms with Crippen LogP contribution in [0, 0.1) is 0 Å². The van der Waals surface area contributed by atoms with Crippen LogP contribution in [0.15, 0.2) is 102 Å². The molecule has 5 aromatic rings. The number of ether oxygens (including phenoxy) is 3. The van der Waals surface area contributed by atoms with Crippen LogP contribution in [0.3, 0.4) is 0 Å². The Morgan fingerprint density at radius 3 is 2.24 bits per heavy atom. The Labute approximate surface area is 270 Å². The average Bonchev–Trinajstić information content (AvgIpc) is 3.09. The highest BCUT2D eigenvalue weighted by Crippen LogP contribution is 2.31. The lowest BCUT2D eigenvalue weighted by molar-refractivity contribution is -0.135. The van der Waals surface area contributed by atoms with Crippen LogP contribution in [0.2, 0.25) is 0 Å². The minimum atomic E-state index is -0.547. The maximum atomic E-state index is 14.6. The van der Waals surface area contributed by atoms with Gasteiger partial charge in [0.1, 0.15) is 11.6 Å². The van der Waals surface area contributed by atoms with Gasteiger partial charge >= 0.3 is 0 Å². The maximum Gasteiger partial charge on any atom is 0.266 e. The molecule has 2 unspecified atom stereocenters. The number of nitrogens with zero attached hydrogens (tertiary/aromatic N) is 3. The van der Waals surface area contributed by atoms with Gasteiger partial charge in [-0.2, -0.15) is 0 Å². The molecule has 1 amide bonds. The molecule has 46 heavy (non-hydrogen) atoms. The molecular weight excluding hydrogens is 578 g/mol. The largest absolute Gasteiger partial charge is 0.494 e. The van der Waals surface area contributed by atoms with Gasteiger partial charge in [-0.3, -0.25) is 14.2 Å². The van der Waals surface area contributed by atoms with Gasteiger partial charge in [-0.15, -0.1) is 0 Å². The maximum absolute atomic E-state index is 14.6. The third kappa shape index (κ3) is 6.76. The predicted octanol–water partition coefficient (Wildman–Crippen LogP) is 7.13. The second-order valence-electron chi connectivity index (χ2n) is 11.1. The first-order valence-corrected chi connectivity index (χ1v) is 15.7. The molecule has 0 fully saturated rings. The van der Waals surface area contributed by atoms with E-state index in [1.807, 2.05) is 117 Å². The quantitative estimate of drug-likeness (QED) is 0.140. The van der Waals surface area contributed by atoms with E-state index in [0.717, 1.165) is 11.1 Å². The Morgan fingerprint density at radius 1 is 0.870 bits per heavy atom. The Balaban J connectivity index is 1.62. The summed E-state index contributed by atoms with van der Waals surface area (Å²) in [6.07, 6.45) is 1.18. The number of carbonyl (C=O) groups excluding carboxylic acids is 1. The molecule has 1 aromatic heterocycles. The lowest BCUT2D eigenvalue weighted by Gasteiger charge is -2.33. The summed E-state index contributed by atoms with van der Waals surface area (Å²) in [6.45, 7) is 6.84. The molecule has 0 aliphatic rings. The van der Waals surface area contributed by atoms with Gasteiger partial charge in [0.25, 0.3) is 5.56 Å². The highest BCUT2D eigenvalue weighted by molar-refractivity contribution is 5.84. The zero-order chi connectivity index (χ0) is 32.6. The first kappa shape index (κ1) is 32.3. The number of amides is 1. The highest BCUT2D eigenvalue weighted by atomic mass is 16.5. The van der Waals surface area contributed by atoms with Crippen LogP contribution < -0.4 is 19.8 Å². The summed E-state index contributed by atoms with van der Waals surface area (Å²) >= 11 is 0. The molecule has 0 aliphatic carbocycles. The van der Waals surface area contributed by atoms with Crippen LogP contribution in [-0.2, 0) is 11.2 Å². The topological polar surface area (TPSA) is 82.9 Å². The lowest BCUT2D eigenvalue weighted by atomic mass is 9.94. The third-order valence-electron chi connectivity index (χ3n) is 8.33. The smallest absolute Gasteiger partial charge is 0.266 e. The number of methoxy groups -OCH3 is 2. The highest BCUT2D eigenvalue weighted by Gasteiger charge is 2.31. The molecule has 0 bridgehead atoms. The Morgan fingerprint density at radius 2 is 1.57 bits per heavy atom. The SMILES string of the molecule is CCOc1ccc(-n2c(C(C)N(CCc3ccc(OC)c(OC)c3)C(=O)C(CC)c3ccccc3)nc3ccccc3c2=O)cc1. The van der Waals surface area contributed by atoms with E-state index in [1.165, 1.54) is 0 Å². The van der Waals surface area contributed by atoms with Gasteiger partial charge in [0, 0.05) is 6.54 Å². The lowest BCUT2D eigenvalue weighted by Crippen LogP contribution is -2.41. The van der Waals surface area contributed by atoms with Gasteiger partial charge in [-0.25, -0.2) is 4.98 Å². The van der Waals surface area contributed by atoms with Crippen LogP contribution in [0.5, 0.6) is 17.2 Å². The van der Waals surface area contributed by atoms with Crippen LogP contribution in [0.1, 0.15) is 56.1 Å². The van der Waals surface area contributed by atoms with Crippen molar-refractivity contribution in [3.8, 4) is 22.9 Å². The molecule has 2 atom stereocenters. The van der Waals surface area contributed by atoms with E-state index in [0.29, 0.717) is 65.7 Å². The fraction of sp³-hybridized carbons (Fsp3) is 0.289. The Kier molecular flexibility index (Phi) is 10.4. The van der Waals surface area contributed by atoms with Crippen molar-refractivity contribution in [3.05, 3.63) is 124 Å². The van der Waals surface area contributed by atoms with Gasteiger partial charge in [-0.05, 0) is 86.3 Å². The molecule has 4 aromatic carbocycles. The third-order valence-corrected chi connectivity index (χ3v) is 8.33. The monoisotopic (exact) mass is 619 g/mol. The van der Waals surface area contributed by atoms with Crippen molar-refractivity contribution in [1.29, 1.82) is 0 Å². The van der Waals surface area contributed by atoms with Crippen molar-refractivity contribution in [3.63, 3.8) is 0 Å². The van der Waals surface area contributed by atoms with Crippen molar-refractivity contribution in [2.24, 2.45) is 0 Å². The first-order chi connectivity index (χ1) is 22.4. The number of hydrogen-bond donors (Lipinski definition) is 0. The number of aromatic nitrogens is 2. The molecular formula is C38H41N3O5. The second-order valence-corrected chi connectivity index (χ2v) is 11.1. The van der Waals surface area contributed by atoms with Crippen molar-refractivity contribution in [1.82, 2.24) is 14.5 Å². The van der Waals surface area contributed by atoms with E-state index in [9.17, 15) is 9.59 Å². The molecule has 0 N–H and O–H groups in total. The number of hydrogen-bond acceptors (Lipinski definition) is 6. The van der Waals surface area contributed by atoms with Crippen molar-refractivity contribution < 1.29 is 19.0 Å². The summed E-state index contributed by atoms with van der Waals surface area (Å²) in [5.41, 5.74) is 2.98. The van der Waals surface area contributed by atoms with E-state index >= 15 is 0 Å². The van der Waals surface area contributed by atoms with E-state index in [2.05, 4.69) is 0 Å². The van der Waals surface area contributed by atoms with E-state index < -0.39 is 6.04 Å². The molecule has 1 heterocycles. The van der Waals surface area contributed by atoms with Gasteiger partial charge < -0.3 is 19.1 Å². The predicted molar refractivity (Wildman–Crippen MR) is 181 cm³/mol. The molecule has 0 saturated carbocycles. The first-order valence-electron chi connectivity index (χ1n) is 15.7. The van der Waals surface area contributed by atoms with Gasteiger partial charge in [0.2, 0.25) is 5.91 Å². The molecule has 238 valence electrons. The van der Waals surface area contributed by atoms with Gasteiger partial charge in [0.15, 0.2) is 11.5 Å². The van der Waals surface area contributed by atoms with Crippen molar-refractivity contribution >= 4 is 16.8 Å². The Bertz CT molecular complexity index is 1840. The summed E-state index contributed by atoms with van der Waals surface area (Å²) in [6, 6.07) is 29.8. The van der Waals surface area contributed by atoms with Gasteiger partial charge in [-0.1, -0.05) is 55.5 Å². The van der Waals surface area contributed by atoms with Gasteiger partial charge in [0.05, 0.1) is 49.4 Å². The minimum absolute atomic E-state index is 0.0256. The molecule has 8 nitrogen and oxygen atoms in total. The number of fused-ring (bicyclic) bond motifs is 1. The van der Waals surface area contributed by atoms with Crippen LogP contribution in [-0.4, -0.2) is 47.7 Å². The van der Waals surface area contributed by atoms with E-state index in [-0.39, 0.29) is 17.4 Å². The van der Waals surface area contributed by atoms with E-state index in [4.69, 9.17) is 19.2 Å². The molecule has 0 aliphatic heterocycles. The minimum Gasteiger partial charge on any atom is -0.494 e. The summed E-state index contributed by atoms with van der Waals surface area (Å²) in [7, 11) is 3.21. The molecule has 0 spiro atoms. The van der Waals surface area contributed by atoms with Crippen LogP contribution >= 0.6 is 0 Å². The van der Waals surface area contributed by atoms with Crippen molar-refractivity contribution in [2.45, 2.75) is 45.6 Å². The zero-order valence-electron chi connectivity index (χ0n) is 27.1. The number of carbonyl (C=O) groups is 1. The number of benzene rings is 4. The summed E-state index contributed by atoms with van der Waals surface area (Å²) < 4.78 is 18.3. The standard InChI is InChI=1S/C38H41N3O5/c1-6-31(28-13-9-8-10-14-28)37(42)40(24-23-27-17-22-34(44-4)35(25-27)45-5)26(3)36-39-33-16-12-11-15-32(33)38(43)41(36)29-18-20-30(21-19-29)46-7-2/h8-22,25-26,31H,6-7,23-24H2,1-5H3. The number of rotatable bonds is 13. The fourth-order valence-corrected chi connectivity index (χ4v) is 5.90. The summed E-state index contributed by atoms with van der Waals surface area (Å²) in [5.74, 6) is 2.08. The molecule has 8 heteroatoms. The molecule has 0 saturated heterocycles. The van der Waals surface area contributed by atoms with E-state index in [1.54, 1.807) is 24.9 Å². The normalized spacial score (nSPS) is 12.4. The Hall–Kier alpha value is -5.11. The van der Waals surface area contributed by atoms with Crippen LogP contribution in [0.4, 0.5) is 0 Å². The molecule has 0 radical (unpaired) electrons. The summed E-state index contributed by atoms with van der Waals surface area (Å²) in [5, 5.41) is 0.506. The molecule has 5 rings (SSSR count). The zero-order valence-corrected chi connectivity index (χ0v) is 27.1. The van der Waals surface area contributed by atoms with Crippen molar-refractivity contribution in [2.75, 3.05) is 27.4 Å². The fourth-order valence-electron chi connectivity index (χ4n) is 5.90. The summed E-state index contributed by atoms with van der Waals surface area (Å²) in [4.78, 5) is 35.6. The average molecular weight is 620 g/mol.